The van der Waals surface area contributed by atoms with Gasteiger partial charge in [-0.05, 0) is 55.3 Å². The molecule has 0 saturated carbocycles. The van der Waals surface area contributed by atoms with Gasteiger partial charge in [-0.3, -0.25) is 4.79 Å². The van der Waals surface area contributed by atoms with E-state index in [2.05, 4.69) is 48.7 Å². The van der Waals surface area contributed by atoms with Crippen molar-refractivity contribution in [3.05, 3.63) is 35.4 Å². The molecule has 2 rings (SSSR count). The van der Waals surface area contributed by atoms with E-state index in [1.165, 1.54) is 24.0 Å². The van der Waals surface area contributed by atoms with Crippen molar-refractivity contribution in [1.29, 1.82) is 0 Å². The quantitative estimate of drug-likeness (QED) is 0.843. The zero-order valence-corrected chi connectivity index (χ0v) is 14.5. The van der Waals surface area contributed by atoms with Crippen LogP contribution in [-0.2, 0) is 11.2 Å². The number of benzene rings is 1. The van der Waals surface area contributed by atoms with E-state index in [1.54, 1.807) is 0 Å². The third kappa shape index (κ3) is 5.98. The molecule has 1 fully saturated rings. The molecular formula is C18H29ClN2O. The molecule has 0 aliphatic carbocycles. The molecule has 22 heavy (non-hydrogen) atoms. The van der Waals surface area contributed by atoms with Crippen LogP contribution in [0.2, 0.25) is 0 Å². The lowest BCUT2D eigenvalue weighted by atomic mass is 9.95. The van der Waals surface area contributed by atoms with Crippen LogP contribution in [0.1, 0.15) is 50.2 Å². The number of carbonyl (C=O) groups is 1. The maximum atomic E-state index is 12.1. The highest BCUT2D eigenvalue weighted by molar-refractivity contribution is 5.85. The van der Waals surface area contributed by atoms with Crippen LogP contribution in [0.25, 0.3) is 0 Å². The summed E-state index contributed by atoms with van der Waals surface area (Å²) >= 11 is 0. The first-order valence-electron chi connectivity index (χ1n) is 8.25. The molecule has 1 aliphatic heterocycles. The number of hydrogen-bond donors (Lipinski definition) is 2. The molecular weight excluding hydrogens is 296 g/mol. The van der Waals surface area contributed by atoms with Crippen LogP contribution in [0.15, 0.2) is 24.3 Å². The number of carbonyl (C=O) groups excluding carboxylic acids is 1. The van der Waals surface area contributed by atoms with E-state index in [0.717, 1.165) is 26.1 Å². The fourth-order valence-electron chi connectivity index (χ4n) is 2.91. The van der Waals surface area contributed by atoms with Gasteiger partial charge in [0.2, 0.25) is 5.91 Å². The first-order chi connectivity index (χ1) is 10.2. The Kier molecular flexibility index (Phi) is 8.51. The van der Waals surface area contributed by atoms with Crippen LogP contribution < -0.4 is 10.6 Å². The van der Waals surface area contributed by atoms with Gasteiger partial charge in [0.05, 0.1) is 0 Å². The Hall–Kier alpha value is -1.06. The number of aryl methyl sites for hydroxylation is 1. The van der Waals surface area contributed by atoms with E-state index in [-0.39, 0.29) is 24.2 Å². The molecule has 0 radical (unpaired) electrons. The molecule has 4 heteroatoms. The minimum Gasteiger partial charge on any atom is -0.356 e. The second-order valence-electron chi connectivity index (χ2n) is 6.22. The van der Waals surface area contributed by atoms with Crippen molar-refractivity contribution in [2.24, 2.45) is 5.92 Å². The van der Waals surface area contributed by atoms with Crippen molar-refractivity contribution in [2.75, 3.05) is 19.6 Å². The van der Waals surface area contributed by atoms with E-state index in [4.69, 9.17) is 0 Å². The molecule has 2 N–H and O–H groups in total. The van der Waals surface area contributed by atoms with E-state index in [1.807, 2.05) is 0 Å². The highest BCUT2D eigenvalue weighted by Crippen LogP contribution is 2.19. The predicted octanol–water partition coefficient (Wildman–Crippen LogP) is 3.28. The minimum absolute atomic E-state index is 0. The molecule has 0 aromatic heterocycles. The van der Waals surface area contributed by atoms with Crippen molar-refractivity contribution in [1.82, 2.24) is 10.6 Å². The monoisotopic (exact) mass is 324 g/mol. The van der Waals surface area contributed by atoms with Crippen molar-refractivity contribution in [3.8, 4) is 0 Å². The summed E-state index contributed by atoms with van der Waals surface area (Å²) in [7, 11) is 0. The summed E-state index contributed by atoms with van der Waals surface area (Å²) in [5, 5.41) is 6.48. The molecule has 1 amide bonds. The Morgan fingerprint density at radius 2 is 2.09 bits per heavy atom. The van der Waals surface area contributed by atoms with Gasteiger partial charge in [-0.15, -0.1) is 12.4 Å². The fourth-order valence-corrected chi connectivity index (χ4v) is 2.91. The maximum absolute atomic E-state index is 12.1. The average Bonchev–Trinajstić information content (AvgIpc) is 2.54. The molecule has 1 saturated heterocycles. The van der Waals surface area contributed by atoms with Gasteiger partial charge in [-0.2, -0.15) is 0 Å². The van der Waals surface area contributed by atoms with Gasteiger partial charge in [-0.1, -0.05) is 38.1 Å². The first kappa shape index (κ1) is 19.0. The normalized spacial score (nSPS) is 19.1. The van der Waals surface area contributed by atoms with Crippen molar-refractivity contribution in [3.63, 3.8) is 0 Å². The van der Waals surface area contributed by atoms with Gasteiger partial charge in [0.25, 0.3) is 0 Å². The Bertz CT molecular complexity index is 441. The van der Waals surface area contributed by atoms with Gasteiger partial charge < -0.3 is 10.6 Å². The maximum Gasteiger partial charge on any atom is 0.220 e. The second kappa shape index (κ2) is 9.86. The Morgan fingerprint density at radius 1 is 1.36 bits per heavy atom. The van der Waals surface area contributed by atoms with Crippen LogP contribution in [0.3, 0.4) is 0 Å². The minimum atomic E-state index is 0. The number of amides is 1. The highest BCUT2D eigenvalue weighted by atomic mass is 35.5. The molecule has 2 atom stereocenters. The van der Waals surface area contributed by atoms with Gasteiger partial charge in [0.1, 0.15) is 0 Å². The van der Waals surface area contributed by atoms with E-state index in [9.17, 15) is 4.79 Å². The largest absolute Gasteiger partial charge is 0.356 e. The number of halogens is 1. The number of rotatable bonds is 6. The summed E-state index contributed by atoms with van der Waals surface area (Å²) < 4.78 is 0. The molecule has 1 aromatic rings. The summed E-state index contributed by atoms with van der Waals surface area (Å²) in [6.45, 7) is 7.26. The lowest BCUT2D eigenvalue weighted by Crippen LogP contribution is -2.38. The summed E-state index contributed by atoms with van der Waals surface area (Å²) in [6, 6.07) is 8.64. The van der Waals surface area contributed by atoms with Crippen molar-refractivity contribution in [2.45, 2.75) is 45.4 Å². The highest BCUT2D eigenvalue weighted by Gasteiger charge is 2.15. The molecule has 1 aliphatic rings. The van der Waals surface area contributed by atoms with Crippen LogP contribution in [0, 0.1) is 5.92 Å². The average molecular weight is 325 g/mol. The molecule has 124 valence electrons. The lowest BCUT2D eigenvalue weighted by Gasteiger charge is -2.23. The zero-order chi connectivity index (χ0) is 15.1. The second-order valence-corrected chi connectivity index (χ2v) is 6.22. The van der Waals surface area contributed by atoms with Gasteiger partial charge in [0, 0.05) is 13.0 Å². The standard InChI is InChI=1S/C18H28N2O.ClH/c1-3-15-6-8-17(9-7-15)14(2)11-18(21)20-13-16-5-4-10-19-12-16;/h6-9,14,16,19H,3-5,10-13H2,1-2H3,(H,20,21);1H. The van der Waals surface area contributed by atoms with E-state index < -0.39 is 0 Å². The van der Waals surface area contributed by atoms with Gasteiger partial charge in [0.15, 0.2) is 0 Å². The Morgan fingerprint density at radius 3 is 2.68 bits per heavy atom. The molecule has 1 aromatic carbocycles. The summed E-state index contributed by atoms with van der Waals surface area (Å²) in [5.74, 6) is 1.05. The number of nitrogens with one attached hydrogen (secondary N) is 2. The van der Waals surface area contributed by atoms with Crippen LogP contribution in [-0.4, -0.2) is 25.5 Å². The van der Waals surface area contributed by atoms with Crippen LogP contribution in [0.4, 0.5) is 0 Å². The number of hydrogen-bond acceptors (Lipinski definition) is 2. The van der Waals surface area contributed by atoms with Crippen LogP contribution in [0.5, 0.6) is 0 Å². The lowest BCUT2D eigenvalue weighted by molar-refractivity contribution is -0.121. The SMILES string of the molecule is CCc1ccc(C(C)CC(=O)NCC2CCCNC2)cc1.Cl. The van der Waals surface area contributed by atoms with Crippen LogP contribution >= 0.6 is 12.4 Å². The summed E-state index contributed by atoms with van der Waals surface area (Å²) in [5.41, 5.74) is 2.60. The molecule has 2 unspecified atom stereocenters. The van der Waals surface area contributed by atoms with Crippen molar-refractivity contribution >= 4 is 18.3 Å². The molecule has 1 heterocycles. The smallest absolute Gasteiger partial charge is 0.220 e. The summed E-state index contributed by atoms with van der Waals surface area (Å²) in [4.78, 5) is 12.1. The van der Waals surface area contributed by atoms with Gasteiger partial charge >= 0.3 is 0 Å². The van der Waals surface area contributed by atoms with E-state index in [0.29, 0.717) is 12.3 Å². The zero-order valence-electron chi connectivity index (χ0n) is 13.7. The number of piperidine rings is 1. The van der Waals surface area contributed by atoms with Gasteiger partial charge in [-0.25, -0.2) is 0 Å². The van der Waals surface area contributed by atoms with Crippen molar-refractivity contribution < 1.29 is 4.79 Å². The predicted molar refractivity (Wildman–Crippen MR) is 94.7 cm³/mol. The van der Waals surface area contributed by atoms with E-state index >= 15 is 0 Å². The third-order valence-corrected chi connectivity index (χ3v) is 4.44. The third-order valence-electron chi connectivity index (χ3n) is 4.44. The summed E-state index contributed by atoms with van der Waals surface area (Å²) in [6.07, 6.45) is 4.08. The fraction of sp³-hybridized carbons (Fsp3) is 0.611. The molecule has 0 spiro atoms. The Labute approximate surface area is 140 Å². The first-order valence-corrected chi connectivity index (χ1v) is 8.25. The molecule has 3 nitrogen and oxygen atoms in total. The molecule has 0 bridgehead atoms. The topological polar surface area (TPSA) is 41.1 Å². The Balaban J connectivity index is 0.00000242.